The molecule has 1 N–H and O–H groups in total. The Labute approximate surface area is 180 Å². The van der Waals surface area contributed by atoms with E-state index in [1.807, 2.05) is 41.2 Å². The highest BCUT2D eigenvalue weighted by Crippen LogP contribution is 2.25. The van der Waals surface area contributed by atoms with Gasteiger partial charge in [0, 0.05) is 54.9 Å². The number of aromatic nitrogens is 4. The molecule has 1 unspecified atom stereocenters. The lowest BCUT2D eigenvalue weighted by Crippen LogP contribution is -2.28. The summed E-state index contributed by atoms with van der Waals surface area (Å²) in [6.45, 7) is 2.69. The molecular formula is C24H24FN5O. The van der Waals surface area contributed by atoms with Crippen LogP contribution < -0.4 is 10.1 Å². The van der Waals surface area contributed by atoms with Gasteiger partial charge < -0.3 is 10.1 Å². The fourth-order valence-electron chi connectivity index (χ4n) is 3.39. The Bertz CT molecular complexity index is 1130. The molecule has 0 bridgehead atoms. The Balaban J connectivity index is 1.59. The SMILES string of the molecule is COc1ccc(-n2cc(CNC(C)Cc3cnccn3)c(-c3cccc(F)c3)n2)cc1. The Kier molecular flexibility index (Phi) is 6.33. The predicted molar refractivity (Wildman–Crippen MR) is 118 cm³/mol. The molecule has 0 saturated carbocycles. The topological polar surface area (TPSA) is 64.9 Å². The molecule has 4 rings (SSSR count). The largest absolute Gasteiger partial charge is 0.497 e. The van der Waals surface area contributed by atoms with Crippen LogP contribution in [0.25, 0.3) is 16.9 Å². The second-order valence-corrected chi connectivity index (χ2v) is 7.34. The van der Waals surface area contributed by atoms with Gasteiger partial charge in [-0.25, -0.2) is 9.07 Å². The molecule has 0 spiro atoms. The molecule has 0 amide bonds. The molecule has 0 aliphatic carbocycles. The van der Waals surface area contributed by atoms with Crippen molar-refractivity contribution in [1.82, 2.24) is 25.1 Å². The molecule has 158 valence electrons. The number of methoxy groups -OCH3 is 1. The quantitative estimate of drug-likeness (QED) is 0.466. The van der Waals surface area contributed by atoms with E-state index in [4.69, 9.17) is 9.84 Å². The van der Waals surface area contributed by atoms with E-state index in [0.717, 1.165) is 40.4 Å². The number of hydrogen-bond acceptors (Lipinski definition) is 5. The monoisotopic (exact) mass is 417 g/mol. The van der Waals surface area contributed by atoms with Crippen molar-refractivity contribution in [2.24, 2.45) is 0 Å². The highest BCUT2D eigenvalue weighted by Gasteiger charge is 2.14. The fourth-order valence-corrected chi connectivity index (χ4v) is 3.39. The third kappa shape index (κ3) is 5.13. The summed E-state index contributed by atoms with van der Waals surface area (Å²) in [5.41, 5.74) is 4.30. The summed E-state index contributed by atoms with van der Waals surface area (Å²) in [4.78, 5) is 8.45. The van der Waals surface area contributed by atoms with Crippen LogP contribution in [0.2, 0.25) is 0 Å². The standard InChI is InChI=1S/C24H24FN5O/c1-17(12-21-15-26-10-11-27-21)28-14-19-16-30(22-6-8-23(31-2)9-7-22)29-24(19)18-4-3-5-20(25)13-18/h3-11,13,15-17,28H,12,14H2,1-2H3. The minimum atomic E-state index is -0.286. The van der Waals surface area contributed by atoms with Gasteiger partial charge in [-0.15, -0.1) is 0 Å². The second kappa shape index (κ2) is 9.49. The lowest BCUT2D eigenvalue weighted by molar-refractivity contribution is 0.414. The van der Waals surface area contributed by atoms with E-state index in [-0.39, 0.29) is 11.9 Å². The Morgan fingerprint density at radius 2 is 1.97 bits per heavy atom. The van der Waals surface area contributed by atoms with E-state index in [2.05, 4.69) is 22.2 Å². The van der Waals surface area contributed by atoms with Gasteiger partial charge in [-0.2, -0.15) is 5.10 Å². The lowest BCUT2D eigenvalue weighted by Gasteiger charge is -2.13. The van der Waals surface area contributed by atoms with Gasteiger partial charge in [-0.3, -0.25) is 9.97 Å². The van der Waals surface area contributed by atoms with Crippen LogP contribution in [0.15, 0.2) is 73.3 Å². The number of nitrogens with one attached hydrogen (secondary N) is 1. The molecule has 31 heavy (non-hydrogen) atoms. The van der Waals surface area contributed by atoms with Crippen molar-refractivity contribution in [1.29, 1.82) is 0 Å². The molecule has 7 heteroatoms. The average Bonchev–Trinajstić information content (AvgIpc) is 3.23. The zero-order valence-corrected chi connectivity index (χ0v) is 17.5. The number of halogens is 1. The molecule has 4 aromatic rings. The summed E-state index contributed by atoms with van der Waals surface area (Å²) in [6.07, 6.45) is 7.88. The van der Waals surface area contributed by atoms with Crippen LogP contribution in [-0.4, -0.2) is 32.9 Å². The van der Waals surface area contributed by atoms with Gasteiger partial charge in [-0.1, -0.05) is 12.1 Å². The van der Waals surface area contributed by atoms with Crippen LogP contribution in [0, 0.1) is 5.82 Å². The Morgan fingerprint density at radius 1 is 1.13 bits per heavy atom. The molecule has 0 aliphatic rings. The van der Waals surface area contributed by atoms with E-state index in [1.165, 1.54) is 12.1 Å². The first-order valence-electron chi connectivity index (χ1n) is 10.1. The van der Waals surface area contributed by atoms with Crippen molar-refractivity contribution >= 4 is 0 Å². The summed E-state index contributed by atoms with van der Waals surface area (Å²) < 4.78 is 20.9. The maximum atomic E-state index is 13.9. The van der Waals surface area contributed by atoms with Crippen molar-refractivity contribution in [2.45, 2.75) is 25.9 Å². The average molecular weight is 417 g/mol. The molecule has 0 saturated heterocycles. The van der Waals surface area contributed by atoms with E-state index >= 15 is 0 Å². The first kappa shape index (κ1) is 20.7. The maximum absolute atomic E-state index is 13.9. The number of nitrogens with zero attached hydrogens (tertiary/aromatic N) is 4. The highest BCUT2D eigenvalue weighted by atomic mass is 19.1. The van der Waals surface area contributed by atoms with E-state index in [1.54, 1.807) is 31.8 Å². The molecule has 2 heterocycles. The second-order valence-electron chi connectivity index (χ2n) is 7.34. The van der Waals surface area contributed by atoms with Gasteiger partial charge in [-0.05, 0) is 43.3 Å². The van der Waals surface area contributed by atoms with Crippen LogP contribution in [-0.2, 0) is 13.0 Å². The smallest absolute Gasteiger partial charge is 0.123 e. The summed E-state index contributed by atoms with van der Waals surface area (Å²) in [5, 5.41) is 8.28. The molecule has 0 aliphatic heterocycles. The van der Waals surface area contributed by atoms with Crippen LogP contribution in [0.5, 0.6) is 5.75 Å². The normalized spacial score (nSPS) is 12.0. The van der Waals surface area contributed by atoms with Crippen molar-refractivity contribution in [3.63, 3.8) is 0 Å². The molecular weight excluding hydrogens is 393 g/mol. The Hall–Kier alpha value is -3.58. The molecule has 0 radical (unpaired) electrons. The number of ether oxygens (including phenoxy) is 1. The van der Waals surface area contributed by atoms with E-state index in [0.29, 0.717) is 6.54 Å². The number of rotatable bonds is 8. The van der Waals surface area contributed by atoms with E-state index in [9.17, 15) is 4.39 Å². The first-order chi connectivity index (χ1) is 15.1. The van der Waals surface area contributed by atoms with Crippen molar-refractivity contribution < 1.29 is 9.13 Å². The predicted octanol–water partition coefficient (Wildman–Crippen LogP) is 4.20. The highest BCUT2D eigenvalue weighted by molar-refractivity contribution is 5.63. The fraction of sp³-hybridized carbons (Fsp3) is 0.208. The van der Waals surface area contributed by atoms with Crippen molar-refractivity contribution in [3.8, 4) is 22.7 Å². The third-order valence-electron chi connectivity index (χ3n) is 5.00. The van der Waals surface area contributed by atoms with Gasteiger partial charge >= 0.3 is 0 Å². The van der Waals surface area contributed by atoms with Crippen molar-refractivity contribution in [3.05, 3.63) is 90.4 Å². The summed E-state index contributed by atoms with van der Waals surface area (Å²) in [6, 6.07) is 14.4. The van der Waals surface area contributed by atoms with E-state index < -0.39 is 0 Å². The van der Waals surface area contributed by atoms with Gasteiger partial charge in [0.15, 0.2) is 0 Å². The van der Waals surface area contributed by atoms with Crippen LogP contribution in [0.4, 0.5) is 4.39 Å². The minimum absolute atomic E-state index is 0.182. The molecule has 1 atom stereocenters. The van der Waals surface area contributed by atoms with Crippen LogP contribution in [0.1, 0.15) is 18.2 Å². The van der Waals surface area contributed by atoms with Crippen LogP contribution in [0.3, 0.4) is 0 Å². The zero-order valence-electron chi connectivity index (χ0n) is 17.5. The summed E-state index contributed by atoms with van der Waals surface area (Å²) >= 11 is 0. The molecule has 6 nitrogen and oxygen atoms in total. The molecule has 2 aromatic heterocycles. The summed E-state index contributed by atoms with van der Waals surface area (Å²) in [7, 11) is 1.64. The van der Waals surface area contributed by atoms with Gasteiger partial charge in [0.1, 0.15) is 11.6 Å². The molecule has 2 aromatic carbocycles. The van der Waals surface area contributed by atoms with Crippen LogP contribution >= 0.6 is 0 Å². The van der Waals surface area contributed by atoms with Gasteiger partial charge in [0.25, 0.3) is 0 Å². The van der Waals surface area contributed by atoms with Gasteiger partial charge in [0.05, 0.1) is 24.2 Å². The number of benzene rings is 2. The zero-order chi connectivity index (χ0) is 21.6. The molecule has 0 fully saturated rings. The van der Waals surface area contributed by atoms with Gasteiger partial charge in [0.2, 0.25) is 0 Å². The Morgan fingerprint density at radius 3 is 2.68 bits per heavy atom. The maximum Gasteiger partial charge on any atom is 0.123 e. The summed E-state index contributed by atoms with van der Waals surface area (Å²) in [5.74, 6) is 0.493. The number of hydrogen-bond donors (Lipinski definition) is 1. The lowest BCUT2D eigenvalue weighted by atomic mass is 10.1. The third-order valence-corrected chi connectivity index (χ3v) is 5.00. The van der Waals surface area contributed by atoms with Crippen molar-refractivity contribution in [2.75, 3.05) is 7.11 Å². The first-order valence-corrected chi connectivity index (χ1v) is 10.1. The minimum Gasteiger partial charge on any atom is -0.497 e.